The highest BCUT2D eigenvalue weighted by Crippen LogP contribution is 2.36. The Labute approximate surface area is 112 Å². The van der Waals surface area contributed by atoms with Crippen molar-refractivity contribution in [2.24, 2.45) is 5.92 Å². The van der Waals surface area contributed by atoms with Gasteiger partial charge in [-0.3, -0.25) is 4.79 Å². The van der Waals surface area contributed by atoms with Gasteiger partial charge in [-0.2, -0.15) is 0 Å². The van der Waals surface area contributed by atoms with E-state index in [4.69, 9.17) is 16.3 Å². The number of allylic oxidation sites excluding steroid dienone is 3. The van der Waals surface area contributed by atoms with Gasteiger partial charge in [-0.1, -0.05) is 47.5 Å². The minimum absolute atomic E-state index is 0.243. The van der Waals surface area contributed by atoms with Gasteiger partial charge in [0.15, 0.2) is 0 Å². The van der Waals surface area contributed by atoms with Gasteiger partial charge in [0, 0.05) is 5.03 Å². The minimum atomic E-state index is -0.310. The van der Waals surface area contributed by atoms with Gasteiger partial charge in [-0.05, 0) is 30.6 Å². The normalized spacial score (nSPS) is 18.9. The average molecular weight is 263 g/mol. The summed E-state index contributed by atoms with van der Waals surface area (Å²) < 4.78 is 4.85. The fourth-order valence-electron chi connectivity index (χ4n) is 2.11. The van der Waals surface area contributed by atoms with Crippen molar-refractivity contribution in [2.45, 2.75) is 13.3 Å². The first-order valence-electron chi connectivity index (χ1n) is 5.84. The maximum absolute atomic E-state index is 11.8. The monoisotopic (exact) mass is 262 g/mol. The number of ether oxygens (including phenoxy) is 1. The van der Waals surface area contributed by atoms with Crippen LogP contribution in [0.5, 0.6) is 0 Å². The number of hydrogen-bond acceptors (Lipinski definition) is 2. The van der Waals surface area contributed by atoms with Gasteiger partial charge < -0.3 is 4.74 Å². The number of aryl methyl sites for hydroxylation is 1. The number of carbonyl (C=O) groups is 1. The zero-order valence-electron chi connectivity index (χ0n) is 10.4. The van der Waals surface area contributed by atoms with Crippen LogP contribution in [-0.4, -0.2) is 13.1 Å². The highest BCUT2D eigenvalue weighted by molar-refractivity contribution is 6.35. The molecule has 0 aliphatic heterocycles. The van der Waals surface area contributed by atoms with Gasteiger partial charge in [0.1, 0.15) is 0 Å². The molecule has 0 aromatic heterocycles. The summed E-state index contributed by atoms with van der Waals surface area (Å²) in [6.45, 7) is 2.03. The Kier molecular flexibility index (Phi) is 3.87. The van der Waals surface area contributed by atoms with E-state index >= 15 is 0 Å². The molecule has 0 spiro atoms. The molecule has 1 atom stereocenters. The molecule has 2 rings (SSSR count). The lowest BCUT2D eigenvalue weighted by Crippen LogP contribution is -2.19. The third-order valence-electron chi connectivity index (χ3n) is 3.09. The molecule has 18 heavy (non-hydrogen) atoms. The maximum atomic E-state index is 11.8. The molecule has 1 unspecified atom stereocenters. The molecule has 0 N–H and O–H groups in total. The maximum Gasteiger partial charge on any atom is 0.313 e. The van der Waals surface area contributed by atoms with Crippen molar-refractivity contribution in [2.75, 3.05) is 7.11 Å². The van der Waals surface area contributed by atoms with E-state index in [0.717, 1.165) is 11.1 Å². The summed E-state index contributed by atoms with van der Waals surface area (Å²) in [5.41, 5.74) is 3.01. The summed E-state index contributed by atoms with van der Waals surface area (Å²) in [7, 11) is 1.40. The number of halogens is 1. The summed E-state index contributed by atoms with van der Waals surface area (Å²) >= 11 is 6.24. The number of rotatable bonds is 2. The first kappa shape index (κ1) is 12.9. The molecule has 0 amide bonds. The standard InChI is InChI=1S/C15H15ClO2/c1-10-6-8-11(9-7-10)14-12(15(17)18-2)4-3-5-13(14)16/h3,5-9,12H,4H2,1-2H3. The van der Waals surface area contributed by atoms with E-state index in [0.29, 0.717) is 11.5 Å². The van der Waals surface area contributed by atoms with Crippen LogP contribution in [0.25, 0.3) is 5.57 Å². The SMILES string of the molecule is COC(=O)C1CC=CC(Cl)=C1c1ccc(C)cc1. The molecule has 0 radical (unpaired) electrons. The summed E-state index contributed by atoms with van der Waals surface area (Å²) in [6, 6.07) is 8.00. The molecular formula is C15H15ClO2. The van der Waals surface area contributed by atoms with Crippen LogP contribution >= 0.6 is 11.6 Å². The van der Waals surface area contributed by atoms with Gasteiger partial charge in [0.2, 0.25) is 0 Å². The molecular weight excluding hydrogens is 248 g/mol. The number of benzene rings is 1. The van der Waals surface area contributed by atoms with Crippen LogP contribution in [0.1, 0.15) is 17.5 Å². The lowest BCUT2D eigenvalue weighted by Gasteiger charge is -2.21. The Morgan fingerprint density at radius 2 is 2.00 bits per heavy atom. The summed E-state index contributed by atoms with van der Waals surface area (Å²) in [4.78, 5) is 11.8. The third-order valence-corrected chi connectivity index (χ3v) is 3.42. The fourth-order valence-corrected chi connectivity index (χ4v) is 2.44. The molecule has 94 valence electrons. The summed E-state index contributed by atoms with van der Waals surface area (Å²) in [6.07, 6.45) is 4.38. The first-order chi connectivity index (χ1) is 8.63. The van der Waals surface area contributed by atoms with E-state index in [1.165, 1.54) is 12.7 Å². The Morgan fingerprint density at radius 1 is 1.33 bits per heavy atom. The first-order valence-corrected chi connectivity index (χ1v) is 6.22. The molecule has 1 aromatic carbocycles. The van der Waals surface area contributed by atoms with Crippen LogP contribution in [0.15, 0.2) is 41.4 Å². The molecule has 0 saturated heterocycles. The molecule has 0 fully saturated rings. The molecule has 1 aliphatic rings. The molecule has 0 bridgehead atoms. The molecule has 2 nitrogen and oxygen atoms in total. The molecule has 1 aliphatic carbocycles. The largest absolute Gasteiger partial charge is 0.469 e. The minimum Gasteiger partial charge on any atom is -0.469 e. The quantitative estimate of drug-likeness (QED) is 0.760. The highest BCUT2D eigenvalue weighted by atomic mass is 35.5. The fraction of sp³-hybridized carbons (Fsp3) is 0.267. The number of esters is 1. The van der Waals surface area contributed by atoms with Crippen molar-refractivity contribution in [1.29, 1.82) is 0 Å². The smallest absolute Gasteiger partial charge is 0.313 e. The van der Waals surface area contributed by atoms with Crippen LogP contribution < -0.4 is 0 Å². The number of carbonyl (C=O) groups excluding carboxylic acids is 1. The predicted molar refractivity (Wildman–Crippen MR) is 73.2 cm³/mol. The Morgan fingerprint density at radius 3 is 2.61 bits per heavy atom. The van der Waals surface area contributed by atoms with E-state index in [1.807, 2.05) is 43.3 Å². The summed E-state index contributed by atoms with van der Waals surface area (Å²) in [5.74, 6) is -0.553. The predicted octanol–water partition coefficient (Wildman–Crippen LogP) is 3.69. The Hall–Kier alpha value is -1.54. The van der Waals surface area contributed by atoms with Crippen molar-refractivity contribution in [3.05, 3.63) is 52.6 Å². The van der Waals surface area contributed by atoms with Crippen LogP contribution in [0.4, 0.5) is 0 Å². The zero-order valence-corrected chi connectivity index (χ0v) is 11.2. The van der Waals surface area contributed by atoms with Crippen LogP contribution in [0, 0.1) is 12.8 Å². The van der Waals surface area contributed by atoms with Crippen molar-refractivity contribution in [1.82, 2.24) is 0 Å². The van der Waals surface area contributed by atoms with E-state index in [1.54, 1.807) is 0 Å². The van der Waals surface area contributed by atoms with Crippen molar-refractivity contribution >= 4 is 23.1 Å². The molecule has 3 heteroatoms. The average Bonchev–Trinajstić information content (AvgIpc) is 2.39. The lowest BCUT2D eigenvalue weighted by molar-refractivity contribution is -0.143. The van der Waals surface area contributed by atoms with Crippen LogP contribution in [0.3, 0.4) is 0 Å². The van der Waals surface area contributed by atoms with Gasteiger partial charge in [-0.25, -0.2) is 0 Å². The van der Waals surface area contributed by atoms with Gasteiger partial charge in [0.25, 0.3) is 0 Å². The van der Waals surface area contributed by atoms with E-state index < -0.39 is 0 Å². The van der Waals surface area contributed by atoms with Crippen molar-refractivity contribution < 1.29 is 9.53 Å². The molecule has 0 saturated carbocycles. The van der Waals surface area contributed by atoms with Crippen LogP contribution in [-0.2, 0) is 9.53 Å². The highest BCUT2D eigenvalue weighted by Gasteiger charge is 2.27. The number of methoxy groups -OCH3 is 1. The molecule has 0 heterocycles. The van der Waals surface area contributed by atoms with E-state index in [9.17, 15) is 4.79 Å². The summed E-state index contributed by atoms with van der Waals surface area (Å²) in [5, 5.41) is 0.612. The molecule has 1 aromatic rings. The topological polar surface area (TPSA) is 26.3 Å². The second-order valence-corrected chi connectivity index (χ2v) is 4.75. The second-order valence-electron chi connectivity index (χ2n) is 4.34. The van der Waals surface area contributed by atoms with E-state index in [2.05, 4.69) is 0 Å². The van der Waals surface area contributed by atoms with Crippen LogP contribution in [0.2, 0.25) is 0 Å². The zero-order chi connectivity index (χ0) is 13.1. The van der Waals surface area contributed by atoms with Gasteiger partial charge >= 0.3 is 5.97 Å². The number of hydrogen-bond donors (Lipinski definition) is 0. The Bertz CT molecular complexity index is 512. The lowest BCUT2D eigenvalue weighted by atomic mass is 9.86. The van der Waals surface area contributed by atoms with E-state index in [-0.39, 0.29) is 11.9 Å². The third kappa shape index (κ3) is 2.49. The van der Waals surface area contributed by atoms with Crippen molar-refractivity contribution in [3.8, 4) is 0 Å². The van der Waals surface area contributed by atoms with Gasteiger partial charge in [0.05, 0.1) is 13.0 Å². The van der Waals surface area contributed by atoms with Crippen molar-refractivity contribution in [3.63, 3.8) is 0 Å². The Balaban J connectivity index is 2.45. The van der Waals surface area contributed by atoms with Gasteiger partial charge in [-0.15, -0.1) is 0 Å². The second kappa shape index (κ2) is 5.40.